The van der Waals surface area contributed by atoms with Crippen molar-refractivity contribution >= 4 is 11.7 Å². The number of nitrogens with zero attached hydrogens (tertiary/aromatic N) is 3. The first-order chi connectivity index (χ1) is 12.1. The molecule has 0 radical (unpaired) electrons. The number of aromatic nitrogens is 2. The quantitative estimate of drug-likeness (QED) is 0.872. The van der Waals surface area contributed by atoms with Crippen LogP contribution in [0.25, 0.3) is 0 Å². The molecule has 1 aliphatic heterocycles. The molecule has 6 heteroatoms. The maximum Gasteiger partial charge on any atom is 0.321 e. The zero-order valence-corrected chi connectivity index (χ0v) is 15.2. The normalized spacial score (nSPS) is 14.3. The molecule has 0 bridgehead atoms. The van der Waals surface area contributed by atoms with Gasteiger partial charge in [-0.15, -0.1) is 0 Å². The number of carbonyl (C=O) groups is 1. The van der Waals surface area contributed by atoms with Crippen molar-refractivity contribution in [1.82, 2.24) is 14.5 Å². The maximum absolute atomic E-state index is 12.5. The van der Waals surface area contributed by atoms with Gasteiger partial charge in [0, 0.05) is 31.5 Å². The SMILES string of the molecule is CCCn1c(C)cnc1C1CN(C(=O)Nc2ccccc2OCC)C1. The van der Waals surface area contributed by atoms with Crippen LogP contribution in [0.1, 0.15) is 37.7 Å². The van der Waals surface area contributed by atoms with Crippen molar-refractivity contribution in [2.24, 2.45) is 0 Å². The minimum Gasteiger partial charge on any atom is -0.492 e. The number of hydrogen-bond donors (Lipinski definition) is 1. The third kappa shape index (κ3) is 3.62. The molecule has 25 heavy (non-hydrogen) atoms. The highest BCUT2D eigenvalue weighted by Gasteiger charge is 2.35. The topological polar surface area (TPSA) is 59.4 Å². The Bertz CT molecular complexity index is 735. The summed E-state index contributed by atoms with van der Waals surface area (Å²) in [6.45, 7) is 9.12. The third-order valence-electron chi connectivity index (χ3n) is 4.50. The van der Waals surface area contributed by atoms with Gasteiger partial charge in [0.25, 0.3) is 0 Å². The van der Waals surface area contributed by atoms with E-state index in [1.165, 1.54) is 5.69 Å². The molecule has 1 aromatic carbocycles. The molecule has 1 fully saturated rings. The molecular formula is C19H26N4O2. The van der Waals surface area contributed by atoms with Crippen LogP contribution in [0.3, 0.4) is 0 Å². The van der Waals surface area contributed by atoms with E-state index in [1.807, 2.05) is 42.3 Å². The van der Waals surface area contributed by atoms with Crippen LogP contribution in [0.2, 0.25) is 0 Å². The van der Waals surface area contributed by atoms with Crippen molar-refractivity contribution in [3.63, 3.8) is 0 Å². The van der Waals surface area contributed by atoms with E-state index in [9.17, 15) is 4.79 Å². The Kier molecular flexibility index (Phi) is 5.26. The van der Waals surface area contributed by atoms with Crippen molar-refractivity contribution in [2.75, 3.05) is 25.0 Å². The number of hydrogen-bond acceptors (Lipinski definition) is 3. The largest absolute Gasteiger partial charge is 0.492 e. The molecule has 1 N–H and O–H groups in total. The number of ether oxygens (including phenoxy) is 1. The van der Waals surface area contributed by atoms with E-state index in [1.54, 1.807) is 0 Å². The maximum atomic E-state index is 12.5. The van der Waals surface area contributed by atoms with Gasteiger partial charge in [-0.3, -0.25) is 0 Å². The Hall–Kier alpha value is -2.50. The first kappa shape index (κ1) is 17.3. The molecule has 1 saturated heterocycles. The highest BCUT2D eigenvalue weighted by molar-refractivity contribution is 5.91. The first-order valence-corrected chi connectivity index (χ1v) is 8.93. The summed E-state index contributed by atoms with van der Waals surface area (Å²) in [7, 11) is 0. The second-order valence-corrected chi connectivity index (χ2v) is 6.37. The van der Waals surface area contributed by atoms with Crippen LogP contribution in [0.5, 0.6) is 5.75 Å². The number of rotatable bonds is 6. The van der Waals surface area contributed by atoms with Crippen LogP contribution < -0.4 is 10.1 Å². The lowest BCUT2D eigenvalue weighted by molar-refractivity contribution is 0.159. The highest BCUT2D eigenvalue weighted by atomic mass is 16.5. The lowest BCUT2D eigenvalue weighted by atomic mass is 9.99. The predicted molar refractivity (Wildman–Crippen MR) is 98.2 cm³/mol. The van der Waals surface area contributed by atoms with E-state index in [0.29, 0.717) is 37.1 Å². The number of benzene rings is 1. The van der Waals surface area contributed by atoms with E-state index in [0.717, 1.165) is 18.8 Å². The van der Waals surface area contributed by atoms with E-state index >= 15 is 0 Å². The molecular weight excluding hydrogens is 316 g/mol. The van der Waals surface area contributed by atoms with Crippen LogP contribution >= 0.6 is 0 Å². The van der Waals surface area contributed by atoms with E-state index in [4.69, 9.17) is 4.74 Å². The standard InChI is InChI=1S/C19H26N4O2/c1-4-10-23-14(3)11-20-18(23)15-12-22(13-15)19(24)21-16-8-6-7-9-17(16)25-5-2/h6-9,11,15H,4-5,10,12-13H2,1-3H3,(H,21,24). The number of aryl methyl sites for hydroxylation is 1. The molecule has 2 aromatic rings. The summed E-state index contributed by atoms with van der Waals surface area (Å²) in [6, 6.07) is 7.42. The molecule has 0 saturated carbocycles. The monoisotopic (exact) mass is 342 g/mol. The van der Waals surface area contributed by atoms with Crippen molar-refractivity contribution in [1.29, 1.82) is 0 Å². The Balaban J connectivity index is 1.61. The van der Waals surface area contributed by atoms with Crippen LogP contribution in [0, 0.1) is 6.92 Å². The van der Waals surface area contributed by atoms with E-state index in [-0.39, 0.29) is 6.03 Å². The Labute approximate surface area is 148 Å². The van der Waals surface area contributed by atoms with Gasteiger partial charge in [-0.1, -0.05) is 19.1 Å². The Morgan fingerprint density at radius 3 is 2.80 bits per heavy atom. The molecule has 0 aliphatic carbocycles. The number of amides is 2. The van der Waals surface area contributed by atoms with Crippen LogP contribution in [0.4, 0.5) is 10.5 Å². The minimum atomic E-state index is -0.0891. The predicted octanol–water partition coefficient (Wildman–Crippen LogP) is 3.63. The van der Waals surface area contributed by atoms with Crippen LogP contribution in [0.15, 0.2) is 30.5 Å². The van der Waals surface area contributed by atoms with E-state index in [2.05, 4.69) is 28.7 Å². The van der Waals surface area contributed by atoms with Gasteiger partial charge in [0.05, 0.1) is 18.2 Å². The second kappa shape index (κ2) is 7.59. The summed E-state index contributed by atoms with van der Waals surface area (Å²) in [5, 5.41) is 2.95. The van der Waals surface area contributed by atoms with Crippen molar-refractivity contribution in [2.45, 2.75) is 39.7 Å². The van der Waals surface area contributed by atoms with Gasteiger partial charge in [-0.2, -0.15) is 0 Å². The summed E-state index contributed by atoms with van der Waals surface area (Å²) in [5.74, 6) is 2.11. The average Bonchev–Trinajstić information content (AvgIpc) is 2.90. The second-order valence-electron chi connectivity index (χ2n) is 6.37. The van der Waals surface area contributed by atoms with Crippen LogP contribution in [-0.4, -0.2) is 40.2 Å². The van der Waals surface area contributed by atoms with Gasteiger partial charge in [0.1, 0.15) is 11.6 Å². The van der Waals surface area contributed by atoms with Crippen molar-refractivity contribution in [3.05, 3.63) is 42.0 Å². The summed E-state index contributed by atoms with van der Waals surface area (Å²) < 4.78 is 7.83. The van der Waals surface area contributed by atoms with Crippen molar-refractivity contribution in [3.8, 4) is 5.75 Å². The van der Waals surface area contributed by atoms with Gasteiger partial charge < -0.3 is 19.5 Å². The number of urea groups is 1. The van der Waals surface area contributed by atoms with Gasteiger partial charge in [-0.25, -0.2) is 9.78 Å². The number of para-hydroxylation sites is 2. The van der Waals surface area contributed by atoms with E-state index < -0.39 is 0 Å². The number of carbonyl (C=O) groups excluding carboxylic acids is 1. The zero-order valence-electron chi connectivity index (χ0n) is 15.2. The highest BCUT2D eigenvalue weighted by Crippen LogP contribution is 2.29. The molecule has 2 heterocycles. The number of nitrogens with one attached hydrogen (secondary N) is 1. The molecule has 3 rings (SSSR count). The number of anilines is 1. The number of imidazole rings is 1. The lowest BCUT2D eigenvalue weighted by Gasteiger charge is -2.39. The summed E-state index contributed by atoms with van der Waals surface area (Å²) in [4.78, 5) is 18.8. The smallest absolute Gasteiger partial charge is 0.321 e. The molecule has 1 aromatic heterocycles. The fourth-order valence-corrected chi connectivity index (χ4v) is 3.17. The Morgan fingerprint density at radius 2 is 2.08 bits per heavy atom. The fraction of sp³-hybridized carbons (Fsp3) is 0.474. The van der Waals surface area contributed by atoms with Gasteiger partial charge >= 0.3 is 6.03 Å². The summed E-state index contributed by atoms with van der Waals surface area (Å²) in [5.41, 5.74) is 1.89. The molecule has 1 aliphatic rings. The van der Waals surface area contributed by atoms with Crippen molar-refractivity contribution < 1.29 is 9.53 Å². The van der Waals surface area contributed by atoms with Gasteiger partial charge in [0.15, 0.2) is 0 Å². The first-order valence-electron chi connectivity index (χ1n) is 8.93. The number of likely N-dealkylation sites (tertiary alicyclic amines) is 1. The molecule has 6 nitrogen and oxygen atoms in total. The van der Waals surface area contributed by atoms with Crippen LogP contribution in [-0.2, 0) is 6.54 Å². The summed E-state index contributed by atoms with van der Waals surface area (Å²) in [6.07, 6.45) is 3.00. The molecule has 0 unspecified atom stereocenters. The molecule has 134 valence electrons. The lowest BCUT2D eigenvalue weighted by Crippen LogP contribution is -2.51. The van der Waals surface area contributed by atoms with Gasteiger partial charge in [0.2, 0.25) is 0 Å². The Morgan fingerprint density at radius 1 is 1.32 bits per heavy atom. The average molecular weight is 342 g/mol. The summed E-state index contributed by atoms with van der Waals surface area (Å²) >= 11 is 0. The zero-order chi connectivity index (χ0) is 17.8. The molecule has 0 spiro atoms. The fourth-order valence-electron chi connectivity index (χ4n) is 3.17. The third-order valence-corrected chi connectivity index (χ3v) is 4.50. The minimum absolute atomic E-state index is 0.0891. The molecule has 0 atom stereocenters. The van der Waals surface area contributed by atoms with Gasteiger partial charge in [-0.05, 0) is 32.4 Å². The molecule has 2 amide bonds.